The first kappa shape index (κ1) is 69.2. The molecule has 3 rings (SSSR count). The minimum absolute atomic E-state index is 0.0248. The fourth-order valence-corrected chi connectivity index (χ4v) is 9.53. The zero-order valence-corrected chi connectivity index (χ0v) is 47.8. The van der Waals surface area contributed by atoms with Crippen LogP contribution in [0, 0.1) is 5.92 Å². The monoisotopic (exact) mass is 1090 g/mol. The number of nitrogens with zero attached hydrogens (tertiary/aromatic N) is 4. The summed E-state index contributed by atoms with van der Waals surface area (Å²) in [6.45, 7) is 9.02. The Bertz CT molecular complexity index is 1870. The fraction of sp³-hybridized carbons (Fsp3) is 0.759. The Labute approximate surface area is 461 Å². The van der Waals surface area contributed by atoms with Gasteiger partial charge >= 0.3 is 7.12 Å². The summed E-state index contributed by atoms with van der Waals surface area (Å²) in [4.78, 5) is 62.9. The topological polar surface area (TPSA) is 273 Å². The molecule has 77 heavy (non-hydrogen) atoms. The molecule has 3 amide bonds. The Balaban J connectivity index is 0.000000682. The summed E-state index contributed by atoms with van der Waals surface area (Å²) in [6.07, 6.45) is 16.7. The third kappa shape index (κ3) is 28.2. The van der Waals surface area contributed by atoms with Crippen LogP contribution in [0.4, 0.5) is 0 Å². The summed E-state index contributed by atoms with van der Waals surface area (Å²) in [7, 11) is 2.21. The number of carbonyl (C=O) groups is 4. The number of hydrogen-bond acceptors (Lipinski definition) is 15. The van der Waals surface area contributed by atoms with Gasteiger partial charge in [0.05, 0.1) is 43.3 Å². The van der Waals surface area contributed by atoms with Crippen LogP contribution in [0.25, 0.3) is 0 Å². The quantitative estimate of drug-likeness (QED) is 0.0265. The normalized spacial score (nSPS) is 17.6. The van der Waals surface area contributed by atoms with E-state index in [1.54, 1.807) is 14.1 Å². The van der Waals surface area contributed by atoms with Crippen LogP contribution in [0.3, 0.4) is 0 Å². The second-order valence-electron chi connectivity index (χ2n) is 21.7. The van der Waals surface area contributed by atoms with Crippen molar-refractivity contribution in [2.45, 2.75) is 243 Å². The minimum atomic E-state index is -1.48. The first-order chi connectivity index (χ1) is 36.8. The van der Waals surface area contributed by atoms with Crippen LogP contribution in [0.5, 0.6) is 0 Å². The molecule has 0 bridgehead atoms. The van der Waals surface area contributed by atoms with E-state index in [9.17, 15) is 54.9 Å². The number of amides is 3. The van der Waals surface area contributed by atoms with Gasteiger partial charge in [-0.3, -0.25) is 24.2 Å². The van der Waals surface area contributed by atoms with E-state index < -0.39 is 80.3 Å². The van der Waals surface area contributed by atoms with E-state index in [4.69, 9.17) is 9.31 Å². The maximum absolute atomic E-state index is 14.0. The van der Waals surface area contributed by atoms with E-state index in [2.05, 4.69) is 29.1 Å². The molecule has 2 aromatic rings. The van der Waals surface area contributed by atoms with E-state index in [0.717, 1.165) is 44.1 Å². The third-order valence-electron chi connectivity index (χ3n) is 14.2. The molecule has 1 aliphatic rings. The summed E-state index contributed by atoms with van der Waals surface area (Å²) < 4.78 is 12.5. The number of aliphatic hydroxyl groups excluding tert-OH is 7. The summed E-state index contributed by atoms with van der Waals surface area (Å²) >= 11 is 0. The van der Waals surface area contributed by atoms with Crippen LogP contribution in [0.1, 0.15) is 192 Å². The lowest BCUT2D eigenvalue weighted by atomic mass is 9.65. The largest absolute Gasteiger partial charge is 0.461 e. The van der Waals surface area contributed by atoms with Crippen LogP contribution in [0.2, 0.25) is 5.82 Å². The van der Waals surface area contributed by atoms with Gasteiger partial charge in [0.25, 0.3) is 5.91 Å². The number of aliphatic hydroxyl groups is 7. The standard InChI is InChI=1S/C39H61BN4O8.C19H39NO5/c1-5-6-7-8-9-10-11-12-16-19-36(49)44(4)26-34(47)37-38(35(48)27-45)52-40(51-37)30(22-28(2)3)24-33(46)31(23-29-17-14-13-15-18-29)43-39(50)32-25-41-20-21-42-32;1-4-5-6-7-8-9-10-11-12-13-17(23)20(3)14-16(22)19(25)18(24)15(2)21/h13-15,17-18,20-21,25,28,30-31,34-35,37-38,45,47-48H,5-12,16,19,22-24,26-27H2,1-4H3,(H,43,50);15-16,18-19,21-22,24-25H,4-14H2,1-3H3/t30-,31+,34?,35?,37-,38-;/m1./s1. The second-order valence-corrected chi connectivity index (χ2v) is 21.7. The average molecular weight is 1090 g/mol. The number of Topliss-reactive ketones (excluding diaryl/α,β-unsaturated/α-hetero) is 1. The van der Waals surface area contributed by atoms with Gasteiger partial charge < -0.3 is 60.2 Å². The molecule has 1 aromatic carbocycles. The Kier molecular flexibility index (Phi) is 36.2. The first-order valence-electron chi connectivity index (χ1n) is 29.0. The van der Waals surface area contributed by atoms with Crippen molar-refractivity contribution in [1.82, 2.24) is 25.1 Å². The van der Waals surface area contributed by atoms with Crippen LogP contribution in [-0.2, 0) is 30.1 Å². The molecule has 1 aromatic heterocycles. The van der Waals surface area contributed by atoms with Gasteiger partial charge in [0, 0.05) is 64.7 Å². The maximum Gasteiger partial charge on any atom is 0.461 e. The first-order valence-corrected chi connectivity index (χ1v) is 29.0. The molecule has 8 N–H and O–H groups in total. The molecular weight excluding hydrogens is 985 g/mol. The molecule has 0 aliphatic carbocycles. The number of benzene rings is 1. The van der Waals surface area contributed by atoms with Gasteiger partial charge in [-0.1, -0.05) is 161 Å². The summed E-state index contributed by atoms with van der Waals surface area (Å²) in [5, 5.41) is 73.1. The highest BCUT2D eigenvalue weighted by Gasteiger charge is 2.50. The molecule has 6 unspecified atom stereocenters. The van der Waals surface area contributed by atoms with Gasteiger partial charge in [-0.15, -0.1) is 0 Å². The van der Waals surface area contributed by atoms with Gasteiger partial charge in [0.1, 0.15) is 30.1 Å². The summed E-state index contributed by atoms with van der Waals surface area (Å²) in [6, 6.07) is 8.48. The van der Waals surface area contributed by atoms with Crippen molar-refractivity contribution in [3.63, 3.8) is 0 Å². The molecular formula is C58H100BN5O13. The predicted octanol–water partition coefficient (Wildman–Crippen LogP) is 6.39. The van der Waals surface area contributed by atoms with E-state index in [-0.39, 0.29) is 55.1 Å². The predicted molar refractivity (Wildman–Crippen MR) is 300 cm³/mol. The molecule has 2 heterocycles. The maximum atomic E-state index is 14.0. The molecule has 1 aliphatic heterocycles. The summed E-state index contributed by atoms with van der Waals surface area (Å²) in [5.74, 6) is -1.32. The molecule has 19 heteroatoms. The van der Waals surface area contributed by atoms with Gasteiger partial charge in [0.15, 0.2) is 5.78 Å². The highest BCUT2D eigenvalue weighted by Crippen LogP contribution is 2.35. The smallest absolute Gasteiger partial charge is 0.403 e. The van der Waals surface area contributed by atoms with Gasteiger partial charge in [-0.2, -0.15) is 0 Å². The number of carbonyl (C=O) groups excluding carboxylic acids is 4. The average Bonchev–Trinajstić information content (AvgIpc) is 3.88. The Morgan fingerprint density at radius 1 is 0.662 bits per heavy atom. The molecule has 0 spiro atoms. The van der Waals surface area contributed by atoms with Crippen LogP contribution in [0.15, 0.2) is 48.9 Å². The van der Waals surface area contributed by atoms with Crippen molar-refractivity contribution >= 4 is 30.6 Å². The highest BCUT2D eigenvalue weighted by atomic mass is 16.7. The van der Waals surface area contributed by atoms with Crippen LogP contribution >= 0.6 is 0 Å². The third-order valence-corrected chi connectivity index (χ3v) is 14.2. The van der Waals surface area contributed by atoms with Crippen molar-refractivity contribution in [3.05, 3.63) is 60.2 Å². The van der Waals surface area contributed by atoms with E-state index in [1.165, 1.54) is 112 Å². The molecule has 438 valence electrons. The number of ketones is 1. The van der Waals surface area contributed by atoms with Gasteiger partial charge in [0.2, 0.25) is 11.8 Å². The van der Waals surface area contributed by atoms with Crippen LogP contribution in [-0.4, -0.2) is 175 Å². The number of aromatic nitrogens is 2. The molecule has 1 saturated heterocycles. The van der Waals surface area contributed by atoms with E-state index in [1.807, 2.05) is 44.2 Å². The SMILES string of the molecule is CCCCCCCCCCCC(=O)N(C)CC(O)C(O)C(O)C(C)O.CCCCCCCCCCCC(=O)N(C)CC(O)[C@H]1OB([C@@H](CC(=O)[C@H](Cc2ccccc2)NC(=O)c2cnccn2)CC(C)C)O[C@@H]1C(O)CO. The van der Waals surface area contributed by atoms with Crippen molar-refractivity contribution in [3.8, 4) is 0 Å². The van der Waals surface area contributed by atoms with Crippen LogP contribution < -0.4 is 5.32 Å². The van der Waals surface area contributed by atoms with Crippen molar-refractivity contribution in [2.24, 2.45) is 5.92 Å². The van der Waals surface area contributed by atoms with Gasteiger partial charge in [-0.05, 0) is 44.1 Å². The molecule has 18 nitrogen and oxygen atoms in total. The van der Waals surface area contributed by atoms with Gasteiger partial charge in [-0.25, -0.2) is 4.98 Å². The lowest BCUT2D eigenvalue weighted by Gasteiger charge is -2.29. The second kappa shape index (κ2) is 40.3. The van der Waals surface area contributed by atoms with Crippen molar-refractivity contribution in [2.75, 3.05) is 33.8 Å². The Hall–Kier alpha value is -3.92. The number of nitrogens with one attached hydrogen (secondary N) is 1. The van der Waals surface area contributed by atoms with E-state index in [0.29, 0.717) is 19.3 Å². The zero-order valence-electron chi connectivity index (χ0n) is 47.8. The molecule has 10 atom stereocenters. The lowest BCUT2D eigenvalue weighted by Crippen LogP contribution is -2.48. The van der Waals surface area contributed by atoms with E-state index >= 15 is 0 Å². The fourth-order valence-electron chi connectivity index (χ4n) is 9.53. The summed E-state index contributed by atoms with van der Waals surface area (Å²) in [5.41, 5.74) is 0.948. The molecule has 0 radical (unpaired) electrons. The van der Waals surface area contributed by atoms with Crippen molar-refractivity contribution < 1.29 is 64.2 Å². The number of unbranched alkanes of at least 4 members (excludes halogenated alkanes) is 16. The minimum Gasteiger partial charge on any atom is -0.403 e. The Morgan fingerprint density at radius 3 is 1.62 bits per heavy atom. The lowest BCUT2D eigenvalue weighted by molar-refractivity contribution is -0.136. The zero-order chi connectivity index (χ0) is 57.1. The number of rotatable bonds is 40. The number of likely N-dealkylation sites (N-methyl/N-ethyl adjacent to an activating group) is 2. The molecule has 1 fully saturated rings. The molecule has 0 saturated carbocycles. The van der Waals surface area contributed by atoms with Crippen molar-refractivity contribution in [1.29, 1.82) is 0 Å². The Morgan fingerprint density at radius 2 is 1.16 bits per heavy atom. The highest BCUT2D eigenvalue weighted by molar-refractivity contribution is 6.47. The number of hydrogen-bond donors (Lipinski definition) is 8.